The van der Waals surface area contributed by atoms with E-state index in [0.717, 1.165) is 18.4 Å². The molecule has 0 aliphatic rings. The van der Waals surface area contributed by atoms with Crippen LogP contribution >= 0.6 is 0 Å². The number of anilines is 1. The average Bonchev–Trinajstić information content (AvgIpc) is 2.76. The monoisotopic (exact) mass is 497 g/mol. The number of nitrogens with zero attached hydrogens (tertiary/aromatic N) is 2. The quantitative estimate of drug-likeness (QED) is 0.545. The summed E-state index contributed by atoms with van der Waals surface area (Å²) in [5.74, 6) is -2.91. The Hall–Kier alpha value is -3.21. The maximum Gasteiger partial charge on any atom is 0.244 e. The van der Waals surface area contributed by atoms with Gasteiger partial charge in [-0.3, -0.25) is 13.9 Å². The summed E-state index contributed by atoms with van der Waals surface area (Å²) in [7, 11) is -2.53. The Morgan fingerprint density at radius 3 is 2.15 bits per heavy atom. The van der Waals surface area contributed by atoms with Gasteiger partial charge in [0.15, 0.2) is 11.6 Å². The van der Waals surface area contributed by atoms with Crippen molar-refractivity contribution < 1.29 is 31.5 Å². The van der Waals surface area contributed by atoms with Crippen LogP contribution in [0.1, 0.15) is 26.3 Å². The molecule has 2 aromatic carbocycles. The Kier molecular flexibility index (Phi) is 8.97. The maximum atomic E-state index is 13.8. The molecule has 0 saturated heterocycles. The highest BCUT2D eigenvalue weighted by Crippen LogP contribution is 2.22. The lowest BCUT2D eigenvalue weighted by Gasteiger charge is -2.32. The van der Waals surface area contributed by atoms with E-state index in [4.69, 9.17) is 4.74 Å². The van der Waals surface area contributed by atoms with Gasteiger partial charge >= 0.3 is 0 Å². The molecule has 0 aliphatic heterocycles. The van der Waals surface area contributed by atoms with E-state index in [0.29, 0.717) is 21.7 Å². The third-order valence-corrected chi connectivity index (χ3v) is 6.12. The molecule has 0 saturated carbocycles. The second-order valence-electron chi connectivity index (χ2n) is 8.08. The number of carbonyl (C=O) groups is 2. The number of amides is 2. The summed E-state index contributed by atoms with van der Waals surface area (Å²) >= 11 is 0. The second-order valence-corrected chi connectivity index (χ2v) is 9.98. The number of carbonyl (C=O) groups excluding carboxylic acids is 2. The van der Waals surface area contributed by atoms with Crippen LogP contribution in [0.3, 0.4) is 0 Å². The molecule has 0 spiro atoms. The van der Waals surface area contributed by atoms with Gasteiger partial charge in [0.05, 0.1) is 19.1 Å². The number of hydrogen-bond acceptors (Lipinski definition) is 5. The minimum Gasteiger partial charge on any atom is -0.497 e. The highest BCUT2D eigenvalue weighted by Gasteiger charge is 2.30. The fraction of sp³-hybridized carbons (Fsp3) is 0.391. The van der Waals surface area contributed by atoms with Gasteiger partial charge in [0.25, 0.3) is 0 Å². The van der Waals surface area contributed by atoms with E-state index in [1.165, 1.54) is 18.9 Å². The van der Waals surface area contributed by atoms with Crippen molar-refractivity contribution in [1.29, 1.82) is 0 Å². The number of halogens is 2. The summed E-state index contributed by atoms with van der Waals surface area (Å²) in [5.41, 5.74) is 0.468. The second kappa shape index (κ2) is 11.3. The van der Waals surface area contributed by atoms with Gasteiger partial charge in [0.2, 0.25) is 21.8 Å². The zero-order valence-corrected chi connectivity index (χ0v) is 20.5. The van der Waals surface area contributed by atoms with Crippen LogP contribution < -0.4 is 14.4 Å². The third-order valence-electron chi connectivity index (χ3n) is 4.98. The first-order valence-electron chi connectivity index (χ1n) is 10.5. The van der Waals surface area contributed by atoms with E-state index in [1.54, 1.807) is 38.1 Å². The average molecular weight is 498 g/mol. The summed E-state index contributed by atoms with van der Waals surface area (Å²) in [4.78, 5) is 27.2. The zero-order chi connectivity index (χ0) is 25.6. The molecule has 11 heteroatoms. The van der Waals surface area contributed by atoms with Crippen molar-refractivity contribution >= 4 is 27.5 Å². The summed E-state index contributed by atoms with van der Waals surface area (Å²) in [6, 6.07) is 8.25. The molecule has 34 heavy (non-hydrogen) atoms. The first kappa shape index (κ1) is 27.0. The lowest BCUT2D eigenvalue weighted by atomic mass is 10.1. The fourth-order valence-electron chi connectivity index (χ4n) is 3.17. The van der Waals surface area contributed by atoms with Crippen molar-refractivity contribution in [3.63, 3.8) is 0 Å². The van der Waals surface area contributed by atoms with Gasteiger partial charge in [-0.1, -0.05) is 12.1 Å². The van der Waals surface area contributed by atoms with Crippen LogP contribution in [0.2, 0.25) is 0 Å². The molecule has 0 heterocycles. The lowest BCUT2D eigenvalue weighted by Crippen LogP contribution is -2.52. The summed E-state index contributed by atoms with van der Waals surface area (Å²) in [6.07, 6.45) is 0.851. The molecular formula is C23H29F2N3O5S. The fourth-order valence-corrected chi connectivity index (χ4v) is 4.01. The van der Waals surface area contributed by atoms with Gasteiger partial charge in [0.1, 0.15) is 18.3 Å². The first-order valence-corrected chi connectivity index (χ1v) is 12.3. The molecule has 186 valence electrons. The van der Waals surface area contributed by atoms with Crippen LogP contribution in [-0.2, 0) is 26.2 Å². The molecule has 0 fully saturated rings. The molecule has 0 radical (unpaired) electrons. The van der Waals surface area contributed by atoms with Crippen molar-refractivity contribution in [3.05, 3.63) is 59.7 Å². The maximum absolute atomic E-state index is 13.8. The number of nitrogens with one attached hydrogen (secondary N) is 1. The Balaban J connectivity index is 2.40. The van der Waals surface area contributed by atoms with Crippen LogP contribution in [0.4, 0.5) is 14.5 Å². The van der Waals surface area contributed by atoms with Crippen molar-refractivity contribution in [3.8, 4) is 5.75 Å². The molecule has 2 amide bonds. The predicted molar refractivity (Wildman–Crippen MR) is 125 cm³/mol. The van der Waals surface area contributed by atoms with E-state index < -0.39 is 46.1 Å². The molecule has 1 atom stereocenters. The summed E-state index contributed by atoms with van der Waals surface area (Å²) in [5, 5.41) is 2.73. The van der Waals surface area contributed by atoms with E-state index in [9.17, 15) is 26.8 Å². The van der Waals surface area contributed by atoms with Crippen LogP contribution in [0.15, 0.2) is 42.5 Å². The van der Waals surface area contributed by atoms with Gasteiger partial charge < -0.3 is 15.0 Å². The zero-order valence-electron chi connectivity index (χ0n) is 19.7. The topological polar surface area (TPSA) is 96.0 Å². The third kappa shape index (κ3) is 7.14. The van der Waals surface area contributed by atoms with Crippen LogP contribution in [0.5, 0.6) is 5.75 Å². The van der Waals surface area contributed by atoms with Crippen molar-refractivity contribution in [2.24, 2.45) is 0 Å². The largest absolute Gasteiger partial charge is 0.497 e. The van der Waals surface area contributed by atoms with Crippen LogP contribution in [0, 0.1) is 11.6 Å². The highest BCUT2D eigenvalue weighted by molar-refractivity contribution is 7.92. The molecule has 8 nitrogen and oxygen atoms in total. The predicted octanol–water partition coefficient (Wildman–Crippen LogP) is 2.68. The Labute approximate surface area is 198 Å². The van der Waals surface area contributed by atoms with Crippen molar-refractivity contribution in [2.45, 2.75) is 39.4 Å². The normalized spacial score (nSPS) is 12.2. The number of rotatable bonds is 10. The smallest absolute Gasteiger partial charge is 0.244 e. The van der Waals surface area contributed by atoms with E-state index in [2.05, 4.69) is 5.32 Å². The van der Waals surface area contributed by atoms with Crippen LogP contribution in [-0.4, -0.2) is 57.1 Å². The Morgan fingerprint density at radius 1 is 1.03 bits per heavy atom. The van der Waals surface area contributed by atoms with Gasteiger partial charge in [-0.25, -0.2) is 17.2 Å². The molecular weight excluding hydrogens is 468 g/mol. The van der Waals surface area contributed by atoms with E-state index in [1.807, 2.05) is 0 Å². The summed E-state index contributed by atoms with van der Waals surface area (Å²) < 4.78 is 57.8. The SMILES string of the molecule is COc1ccc(CN(C(=O)CN(c2ccc(F)c(F)c2)S(C)(=O)=O)[C@H](C)C(=O)NC(C)C)cc1. The Morgan fingerprint density at radius 2 is 1.65 bits per heavy atom. The highest BCUT2D eigenvalue weighted by atomic mass is 32.2. The molecule has 0 aliphatic carbocycles. The summed E-state index contributed by atoms with van der Waals surface area (Å²) in [6.45, 7) is 4.37. The molecule has 0 unspecified atom stereocenters. The minimum absolute atomic E-state index is 0.00485. The number of benzene rings is 2. The number of sulfonamides is 1. The Bertz CT molecular complexity index is 1120. The molecule has 2 aromatic rings. The molecule has 0 bridgehead atoms. The van der Waals surface area contributed by atoms with Gasteiger partial charge in [-0.2, -0.15) is 0 Å². The number of hydrogen-bond donors (Lipinski definition) is 1. The first-order chi connectivity index (χ1) is 15.8. The molecule has 1 N–H and O–H groups in total. The lowest BCUT2D eigenvalue weighted by molar-refractivity contribution is -0.139. The van der Waals surface area contributed by atoms with Gasteiger partial charge in [-0.15, -0.1) is 0 Å². The number of ether oxygens (including phenoxy) is 1. The van der Waals surface area contributed by atoms with E-state index in [-0.39, 0.29) is 18.3 Å². The van der Waals surface area contributed by atoms with Crippen molar-refractivity contribution in [2.75, 3.05) is 24.2 Å². The van der Waals surface area contributed by atoms with Crippen molar-refractivity contribution in [1.82, 2.24) is 10.2 Å². The van der Waals surface area contributed by atoms with Crippen LogP contribution in [0.25, 0.3) is 0 Å². The standard InChI is InChI=1S/C23H29F2N3O5S/c1-15(2)26-23(30)16(3)27(13-17-6-9-19(33-4)10-7-17)22(29)14-28(34(5,31)32)18-8-11-20(24)21(25)12-18/h6-12,15-16H,13-14H2,1-5H3,(H,26,30)/t16-/m1/s1. The number of methoxy groups -OCH3 is 1. The van der Waals surface area contributed by atoms with Gasteiger partial charge in [0, 0.05) is 18.7 Å². The minimum atomic E-state index is -4.04. The molecule has 2 rings (SSSR count). The van der Waals surface area contributed by atoms with E-state index >= 15 is 0 Å². The molecule has 0 aromatic heterocycles. The van der Waals surface area contributed by atoms with Gasteiger partial charge in [-0.05, 0) is 50.6 Å².